The van der Waals surface area contributed by atoms with Crippen molar-refractivity contribution >= 4 is 15.9 Å². The van der Waals surface area contributed by atoms with Gasteiger partial charge in [-0.3, -0.25) is 4.90 Å². The fourth-order valence-electron chi connectivity index (χ4n) is 2.39. The quantitative estimate of drug-likeness (QED) is 0.924. The summed E-state index contributed by atoms with van der Waals surface area (Å²) in [6.07, 6.45) is 0.0454. The Labute approximate surface area is 116 Å². The third-order valence-corrected chi connectivity index (χ3v) is 3.97. The van der Waals surface area contributed by atoms with Crippen molar-refractivity contribution in [3.05, 3.63) is 28.2 Å². The van der Waals surface area contributed by atoms with Crippen LogP contribution >= 0.6 is 15.9 Å². The molecule has 2 rings (SSSR count). The van der Waals surface area contributed by atoms with Crippen molar-refractivity contribution in [2.75, 3.05) is 33.9 Å². The normalized spacial score (nSPS) is 25.1. The average Bonchev–Trinajstić information content (AvgIpc) is 2.38. The maximum Gasteiger partial charge on any atom is 0.133 e. The predicted molar refractivity (Wildman–Crippen MR) is 74.9 cm³/mol. The SMILES string of the molecule is COc1ccc(C2C(CN)OCCN2C)cc1Br. The van der Waals surface area contributed by atoms with E-state index in [1.165, 1.54) is 5.56 Å². The van der Waals surface area contributed by atoms with Crippen molar-refractivity contribution in [3.63, 3.8) is 0 Å². The summed E-state index contributed by atoms with van der Waals surface area (Å²) in [5.74, 6) is 0.836. The molecule has 0 saturated carbocycles. The van der Waals surface area contributed by atoms with Crippen molar-refractivity contribution < 1.29 is 9.47 Å². The van der Waals surface area contributed by atoms with Crippen LogP contribution in [0.4, 0.5) is 0 Å². The smallest absolute Gasteiger partial charge is 0.133 e. The second-order valence-corrected chi connectivity index (χ2v) is 5.32. The zero-order valence-electron chi connectivity index (χ0n) is 10.7. The zero-order chi connectivity index (χ0) is 13.1. The van der Waals surface area contributed by atoms with E-state index in [0.29, 0.717) is 6.54 Å². The van der Waals surface area contributed by atoms with E-state index in [1.807, 2.05) is 6.07 Å². The second kappa shape index (κ2) is 6.02. The molecule has 2 unspecified atom stereocenters. The Morgan fingerprint density at radius 3 is 2.94 bits per heavy atom. The lowest BCUT2D eigenvalue weighted by molar-refractivity contribution is -0.0576. The van der Waals surface area contributed by atoms with Crippen LogP contribution in [0.2, 0.25) is 0 Å². The molecule has 100 valence electrons. The summed E-state index contributed by atoms with van der Waals surface area (Å²) in [7, 11) is 3.77. The van der Waals surface area contributed by atoms with Crippen LogP contribution in [0.1, 0.15) is 11.6 Å². The lowest BCUT2D eigenvalue weighted by Crippen LogP contribution is -2.46. The summed E-state index contributed by atoms with van der Waals surface area (Å²) >= 11 is 3.52. The van der Waals surface area contributed by atoms with Gasteiger partial charge in [-0.1, -0.05) is 6.07 Å². The van der Waals surface area contributed by atoms with Crippen molar-refractivity contribution in [3.8, 4) is 5.75 Å². The minimum absolute atomic E-state index is 0.0454. The highest BCUT2D eigenvalue weighted by molar-refractivity contribution is 9.10. The first-order valence-electron chi connectivity index (χ1n) is 6.02. The van der Waals surface area contributed by atoms with Crippen LogP contribution in [0.5, 0.6) is 5.75 Å². The summed E-state index contributed by atoms with van der Waals surface area (Å²) < 4.78 is 12.0. The van der Waals surface area contributed by atoms with Crippen molar-refractivity contribution in [2.45, 2.75) is 12.1 Å². The molecule has 1 saturated heterocycles. The van der Waals surface area contributed by atoms with E-state index in [9.17, 15) is 0 Å². The predicted octanol–water partition coefficient (Wildman–Crippen LogP) is 1.79. The molecule has 0 aromatic heterocycles. The molecule has 2 N–H and O–H groups in total. The Morgan fingerprint density at radius 1 is 1.56 bits per heavy atom. The monoisotopic (exact) mass is 314 g/mol. The van der Waals surface area contributed by atoms with Gasteiger partial charge >= 0.3 is 0 Å². The lowest BCUT2D eigenvalue weighted by Gasteiger charge is -2.39. The Bertz CT molecular complexity index is 414. The molecular formula is C13H19BrN2O2. The molecular weight excluding hydrogens is 296 g/mol. The minimum atomic E-state index is 0.0454. The molecule has 1 aromatic carbocycles. The summed E-state index contributed by atoms with van der Waals surface area (Å²) in [6, 6.07) is 6.32. The average molecular weight is 315 g/mol. The molecule has 18 heavy (non-hydrogen) atoms. The summed E-state index contributed by atoms with van der Waals surface area (Å²) in [5.41, 5.74) is 6.99. The van der Waals surface area contributed by atoms with Crippen LogP contribution in [-0.2, 0) is 4.74 Å². The number of likely N-dealkylation sites (N-methyl/N-ethyl adjacent to an activating group) is 1. The molecule has 1 fully saturated rings. The molecule has 1 aromatic rings. The largest absolute Gasteiger partial charge is 0.496 e. The molecule has 0 aliphatic carbocycles. The number of benzene rings is 1. The molecule has 1 heterocycles. The van der Waals surface area contributed by atoms with Crippen LogP contribution in [0.3, 0.4) is 0 Å². The maximum atomic E-state index is 5.80. The molecule has 2 atom stereocenters. The number of ether oxygens (including phenoxy) is 2. The van der Waals surface area contributed by atoms with Crippen LogP contribution < -0.4 is 10.5 Å². The van der Waals surface area contributed by atoms with Crippen LogP contribution in [0.15, 0.2) is 22.7 Å². The summed E-state index contributed by atoms with van der Waals surface area (Å²) in [6.45, 7) is 2.19. The van der Waals surface area contributed by atoms with Gasteiger partial charge in [-0.2, -0.15) is 0 Å². The standard InChI is InChI=1S/C13H19BrN2O2/c1-16-5-6-18-12(8-15)13(16)9-3-4-11(17-2)10(14)7-9/h3-4,7,12-13H,5-6,8,15H2,1-2H3. The topological polar surface area (TPSA) is 47.7 Å². The highest BCUT2D eigenvalue weighted by atomic mass is 79.9. The van der Waals surface area contributed by atoms with Gasteiger partial charge < -0.3 is 15.2 Å². The number of hydrogen-bond donors (Lipinski definition) is 1. The first-order chi connectivity index (χ1) is 8.67. The number of methoxy groups -OCH3 is 1. The first kappa shape index (κ1) is 13.8. The number of morpholine rings is 1. The summed E-state index contributed by atoms with van der Waals surface area (Å²) in [4.78, 5) is 2.29. The van der Waals surface area contributed by atoms with E-state index in [-0.39, 0.29) is 12.1 Å². The maximum absolute atomic E-state index is 5.80. The first-order valence-corrected chi connectivity index (χ1v) is 6.82. The number of nitrogens with two attached hydrogens (primary N) is 1. The van der Waals surface area contributed by atoms with Gasteiger partial charge in [-0.05, 0) is 40.7 Å². The molecule has 1 aliphatic heterocycles. The third-order valence-electron chi connectivity index (χ3n) is 3.35. The van der Waals surface area contributed by atoms with E-state index < -0.39 is 0 Å². The van der Waals surface area contributed by atoms with Gasteiger partial charge in [0, 0.05) is 13.1 Å². The number of hydrogen-bond acceptors (Lipinski definition) is 4. The van der Waals surface area contributed by atoms with Crippen LogP contribution in [-0.4, -0.2) is 44.9 Å². The second-order valence-electron chi connectivity index (χ2n) is 4.46. The van der Waals surface area contributed by atoms with E-state index in [0.717, 1.165) is 23.4 Å². The molecule has 4 nitrogen and oxygen atoms in total. The lowest BCUT2D eigenvalue weighted by atomic mass is 9.98. The van der Waals surface area contributed by atoms with E-state index in [1.54, 1.807) is 7.11 Å². The Morgan fingerprint density at radius 2 is 2.33 bits per heavy atom. The Kier molecular flexibility index (Phi) is 4.61. The van der Waals surface area contributed by atoms with E-state index in [2.05, 4.69) is 40.0 Å². The van der Waals surface area contributed by atoms with Gasteiger partial charge in [-0.15, -0.1) is 0 Å². The number of nitrogens with zero attached hydrogens (tertiary/aromatic N) is 1. The molecule has 0 bridgehead atoms. The van der Waals surface area contributed by atoms with Crippen molar-refractivity contribution in [2.24, 2.45) is 5.73 Å². The highest BCUT2D eigenvalue weighted by Gasteiger charge is 2.30. The fourth-order valence-corrected chi connectivity index (χ4v) is 2.95. The van der Waals surface area contributed by atoms with Gasteiger partial charge in [-0.25, -0.2) is 0 Å². The fraction of sp³-hybridized carbons (Fsp3) is 0.538. The number of halogens is 1. The highest BCUT2D eigenvalue weighted by Crippen LogP contribution is 2.33. The Balaban J connectivity index is 2.30. The molecule has 0 radical (unpaired) electrons. The van der Waals surface area contributed by atoms with E-state index in [4.69, 9.17) is 15.2 Å². The zero-order valence-corrected chi connectivity index (χ0v) is 12.3. The van der Waals surface area contributed by atoms with Gasteiger partial charge in [0.1, 0.15) is 5.75 Å². The summed E-state index contributed by atoms with van der Waals surface area (Å²) in [5, 5.41) is 0. The van der Waals surface area contributed by atoms with Gasteiger partial charge in [0.05, 0.1) is 30.3 Å². The number of rotatable bonds is 3. The van der Waals surface area contributed by atoms with Crippen molar-refractivity contribution in [1.29, 1.82) is 0 Å². The third kappa shape index (κ3) is 2.69. The molecule has 5 heteroatoms. The van der Waals surface area contributed by atoms with Crippen molar-refractivity contribution in [1.82, 2.24) is 4.90 Å². The van der Waals surface area contributed by atoms with Gasteiger partial charge in [0.25, 0.3) is 0 Å². The van der Waals surface area contributed by atoms with Crippen LogP contribution in [0, 0.1) is 0 Å². The van der Waals surface area contributed by atoms with Gasteiger partial charge in [0.15, 0.2) is 0 Å². The van der Waals surface area contributed by atoms with E-state index >= 15 is 0 Å². The molecule has 0 spiro atoms. The Hall–Kier alpha value is -0.620. The molecule has 1 aliphatic rings. The molecule has 0 amide bonds. The minimum Gasteiger partial charge on any atom is -0.496 e. The van der Waals surface area contributed by atoms with Gasteiger partial charge in [0.2, 0.25) is 0 Å². The van der Waals surface area contributed by atoms with Crippen LogP contribution in [0.25, 0.3) is 0 Å².